The first-order chi connectivity index (χ1) is 8.65. The Hall–Kier alpha value is -1.56. The second-order valence-corrected chi connectivity index (χ2v) is 4.25. The van der Waals surface area contributed by atoms with Gasteiger partial charge in [0, 0.05) is 10.6 Å². The number of aromatic nitrogens is 2. The maximum absolute atomic E-state index is 8.98. The van der Waals surface area contributed by atoms with Gasteiger partial charge < -0.3 is 20.6 Å². The Bertz CT molecular complexity index is 542. The van der Waals surface area contributed by atoms with E-state index in [4.69, 9.17) is 27.2 Å². The summed E-state index contributed by atoms with van der Waals surface area (Å²) in [4.78, 5) is 7.18. The highest BCUT2D eigenvalue weighted by Gasteiger charge is 2.13. The first-order valence-electron chi connectivity index (χ1n) is 5.41. The Morgan fingerprint density at radius 1 is 1.56 bits per heavy atom. The molecule has 6 heteroatoms. The number of H-pyrrole nitrogens is 1. The zero-order chi connectivity index (χ0) is 13.1. The lowest BCUT2D eigenvalue weighted by Crippen LogP contribution is -2.15. The summed E-state index contributed by atoms with van der Waals surface area (Å²) in [5.74, 6) is 1.21. The van der Waals surface area contributed by atoms with Crippen LogP contribution in [0.25, 0.3) is 11.3 Å². The van der Waals surface area contributed by atoms with Gasteiger partial charge in [0.15, 0.2) is 0 Å². The average Bonchev–Trinajstić information content (AvgIpc) is 2.87. The molecule has 4 N–H and O–H groups in total. The number of hydrogen-bond acceptors (Lipinski definition) is 4. The third-order valence-corrected chi connectivity index (χ3v) is 2.83. The van der Waals surface area contributed by atoms with Gasteiger partial charge in [-0.1, -0.05) is 11.6 Å². The third-order valence-electron chi connectivity index (χ3n) is 2.60. The Morgan fingerprint density at radius 2 is 2.33 bits per heavy atom. The van der Waals surface area contributed by atoms with Gasteiger partial charge in [-0.05, 0) is 18.2 Å². The molecule has 0 bridgehead atoms. The average molecular weight is 268 g/mol. The van der Waals surface area contributed by atoms with Crippen LogP contribution in [0.2, 0.25) is 5.02 Å². The van der Waals surface area contributed by atoms with Gasteiger partial charge in [-0.15, -0.1) is 0 Å². The summed E-state index contributed by atoms with van der Waals surface area (Å²) in [6, 6.07) is 4.79. The number of aliphatic hydroxyl groups excluding tert-OH is 1. The number of halogens is 1. The van der Waals surface area contributed by atoms with Crippen LogP contribution in [0.5, 0.6) is 5.75 Å². The van der Waals surface area contributed by atoms with Crippen LogP contribution in [0.3, 0.4) is 0 Å². The van der Waals surface area contributed by atoms with Crippen molar-refractivity contribution in [3.63, 3.8) is 0 Å². The molecular weight excluding hydrogens is 254 g/mol. The summed E-state index contributed by atoms with van der Waals surface area (Å²) in [7, 11) is 1.59. The summed E-state index contributed by atoms with van der Waals surface area (Å²) in [5, 5.41) is 9.59. The van der Waals surface area contributed by atoms with E-state index in [0.717, 1.165) is 11.3 Å². The van der Waals surface area contributed by atoms with Crippen molar-refractivity contribution in [3.05, 3.63) is 35.2 Å². The normalized spacial score (nSPS) is 12.4. The second-order valence-electron chi connectivity index (χ2n) is 3.82. The molecule has 1 atom stereocenters. The smallest absolute Gasteiger partial charge is 0.128 e. The number of imidazole rings is 1. The fourth-order valence-corrected chi connectivity index (χ4v) is 1.81. The standard InChI is InChI=1S/C12H14ClN3O2/c1-18-11-3-2-7(13)4-8(11)10-5-15-12(16-10)9(14)6-17/h2-5,9,17H,6,14H2,1H3,(H,15,16). The summed E-state index contributed by atoms with van der Waals surface area (Å²) < 4.78 is 5.26. The van der Waals surface area contributed by atoms with E-state index >= 15 is 0 Å². The molecule has 0 aliphatic rings. The van der Waals surface area contributed by atoms with Crippen LogP contribution in [0, 0.1) is 0 Å². The number of ether oxygens (including phenoxy) is 1. The molecule has 0 fully saturated rings. The predicted molar refractivity (Wildman–Crippen MR) is 69.6 cm³/mol. The lowest BCUT2D eigenvalue weighted by Gasteiger charge is -2.07. The van der Waals surface area contributed by atoms with Crippen molar-refractivity contribution in [1.29, 1.82) is 0 Å². The minimum atomic E-state index is -0.524. The number of aliphatic hydroxyl groups is 1. The molecule has 2 rings (SSSR count). The van der Waals surface area contributed by atoms with Crippen LogP contribution in [-0.2, 0) is 0 Å². The van der Waals surface area contributed by atoms with Gasteiger partial charge in [-0.25, -0.2) is 4.98 Å². The van der Waals surface area contributed by atoms with Crippen LogP contribution < -0.4 is 10.5 Å². The van der Waals surface area contributed by atoms with E-state index in [1.165, 1.54) is 0 Å². The number of nitrogens with one attached hydrogen (secondary N) is 1. The minimum absolute atomic E-state index is 0.167. The maximum Gasteiger partial charge on any atom is 0.128 e. The first-order valence-corrected chi connectivity index (χ1v) is 5.78. The molecule has 0 aliphatic carbocycles. The van der Waals surface area contributed by atoms with Gasteiger partial charge >= 0.3 is 0 Å². The topological polar surface area (TPSA) is 84.2 Å². The number of nitrogens with zero attached hydrogens (tertiary/aromatic N) is 1. The van der Waals surface area contributed by atoms with Crippen LogP contribution in [0.4, 0.5) is 0 Å². The van der Waals surface area contributed by atoms with Gasteiger partial charge in [-0.3, -0.25) is 0 Å². The summed E-state index contributed by atoms with van der Waals surface area (Å²) in [5.41, 5.74) is 7.23. The minimum Gasteiger partial charge on any atom is -0.496 e. The van der Waals surface area contributed by atoms with Crippen molar-refractivity contribution in [2.24, 2.45) is 5.73 Å². The largest absolute Gasteiger partial charge is 0.496 e. The number of nitrogens with two attached hydrogens (primary N) is 1. The zero-order valence-electron chi connectivity index (χ0n) is 9.85. The summed E-state index contributed by atoms with van der Waals surface area (Å²) >= 11 is 5.97. The molecule has 0 saturated heterocycles. The lowest BCUT2D eigenvalue weighted by molar-refractivity contribution is 0.264. The first kappa shape index (κ1) is 12.9. The quantitative estimate of drug-likeness (QED) is 0.788. The Balaban J connectivity index is 2.42. The van der Waals surface area contributed by atoms with Crippen molar-refractivity contribution in [2.75, 3.05) is 13.7 Å². The molecule has 0 amide bonds. The second kappa shape index (κ2) is 5.39. The van der Waals surface area contributed by atoms with Crippen molar-refractivity contribution < 1.29 is 9.84 Å². The van der Waals surface area contributed by atoms with Gasteiger partial charge in [0.2, 0.25) is 0 Å². The number of hydrogen-bond donors (Lipinski definition) is 3. The van der Waals surface area contributed by atoms with Crippen LogP contribution in [-0.4, -0.2) is 28.8 Å². The highest BCUT2D eigenvalue weighted by molar-refractivity contribution is 6.30. The van der Waals surface area contributed by atoms with E-state index in [-0.39, 0.29) is 6.61 Å². The maximum atomic E-state index is 8.98. The summed E-state index contributed by atoms with van der Waals surface area (Å²) in [6.45, 7) is -0.167. The SMILES string of the molecule is COc1ccc(Cl)cc1-c1cnc(C(N)CO)[nH]1. The highest BCUT2D eigenvalue weighted by atomic mass is 35.5. The lowest BCUT2D eigenvalue weighted by atomic mass is 10.1. The van der Waals surface area contributed by atoms with E-state index in [2.05, 4.69) is 9.97 Å². The number of rotatable bonds is 4. The molecule has 96 valence electrons. The number of aromatic amines is 1. The van der Waals surface area contributed by atoms with Crippen LogP contribution in [0.15, 0.2) is 24.4 Å². The third kappa shape index (κ3) is 2.48. The molecule has 0 saturated carbocycles. The van der Waals surface area contributed by atoms with Crippen molar-refractivity contribution >= 4 is 11.6 Å². The van der Waals surface area contributed by atoms with E-state index < -0.39 is 6.04 Å². The van der Waals surface area contributed by atoms with E-state index in [9.17, 15) is 0 Å². The fraction of sp³-hybridized carbons (Fsp3) is 0.250. The molecule has 2 aromatic rings. The van der Waals surface area contributed by atoms with E-state index in [0.29, 0.717) is 16.6 Å². The molecule has 5 nitrogen and oxygen atoms in total. The van der Waals surface area contributed by atoms with E-state index in [1.807, 2.05) is 0 Å². The summed E-state index contributed by atoms with van der Waals surface area (Å²) in [6.07, 6.45) is 1.64. The van der Waals surface area contributed by atoms with Crippen molar-refractivity contribution in [1.82, 2.24) is 9.97 Å². The van der Waals surface area contributed by atoms with Crippen molar-refractivity contribution in [3.8, 4) is 17.0 Å². The molecule has 0 radical (unpaired) electrons. The monoisotopic (exact) mass is 267 g/mol. The molecule has 1 unspecified atom stereocenters. The Kier molecular flexibility index (Phi) is 3.86. The van der Waals surface area contributed by atoms with Gasteiger partial charge in [-0.2, -0.15) is 0 Å². The van der Waals surface area contributed by atoms with Gasteiger partial charge in [0.1, 0.15) is 11.6 Å². The number of methoxy groups -OCH3 is 1. The Labute approximate surface area is 110 Å². The molecule has 1 aromatic carbocycles. The van der Waals surface area contributed by atoms with Crippen LogP contribution >= 0.6 is 11.6 Å². The van der Waals surface area contributed by atoms with Gasteiger partial charge in [0.25, 0.3) is 0 Å². The molecule has 1 heterocycles. The van der Waals surface area contributed by atoms with E-state index in [1.54, 1.807) is 31.5 Å². The van der Waals surface area contributed by atoms with Crippen molar-refractivity contribution in [2.45, 2.75) is 6.04 Å². The molecule has 18 heavy (non-hydrogen) atoms. The molecule has 0 spiro atoms. The van der Waals surface area contributed by atoms with Gasteiger partial charge in [0.05, 0.1) is 31.6 Å². The molecule has 1 aromatic heterocycles. The zero-order valence-corrected chi connectivity index (χ0v) is 10.6. The fourth-order valence-electron chi connectivity index (χ4n) is 1.64. The number of benzene rings is 1. The molecular formula is C12H14ClN3O2. The highest BCUT2D eigenvalue weighted by Crippen LogP contribution is 2.31. The molecule has 0 aliphatic heterocycles. The Morgan fingerprint density at radius 3 is 3.00 bits per heavy atom. The van der Waals surface area contributed by atoms with Crippen LogP contribution in [0.1, 0.15) is 11.9 Å². The predicted octanol–water partition coefficient (Wildman–Crippen LogP) is 1.73.